The fraction of sp³-hybridized carbons (Fsp3) is 0.640. The molecule has 2 atom stereocenters. The predicted molar refractivity (Wildman–Crippen MR) is 123 cm³/mol. The number of halogens is 2. The largest absolute Gasteiger partial charge is 0.489 e. The van der Waals surface area contributed by atoms with Crippen LogP contribution in [0.5, 0.6) is 5.75 Å². The monoisotopic (exact) mass is 485 g/mol. The Labute approximate surface area is 203 Å². The average molecular weight is 486 g/mol. The fourth-order valence-corrected chi connectivity index (χ4v) is 6.94. The van der Waals surface area contributed by atoms with Crippen LogP contribution in [0.4, 0.5) is 9.18 Å². The predicted octanol–water partition coefficient (Wildman–Crippen LogP) is 4.49. The van der Waals surface area contributed by atoms with E-state index in [0.717, 1.165) is 57.7 Å². The van der Waals surface area contributed by atoms with Crippen LogP contribution in [-0.4, -0.2) is 62.9 Å². The van der Waals surface area contributed by atoms with E-state index >= 15 is 0 Å². The van der Waals surface area contributed by atoms with Gasteiger partial charge in [0.1, 0.15) is 17.9 Å². The van der Waals surface area contributed by atoms with Crippen LogP contribution in [0, 0.1) is 23.1 Å². The van der Waals surface area contributed by atoms with E-state index in [4.69, 9.17) is 21.4 Å². The number of carbonyl (C=O) groups is 1. The van der Waals surface area contributed by atoms with Gasteiger partial charge in [-0.3, -0.25) is 0 Å². The number of aromatic nitrogens is 3. The minimum absolute atomic E-state index is 0.0756. The number of hydrogen-bond acceptors (Lipinski definition) is 4. The van der Waals surface area contributed by atoms with Gasteiger partial charge in [0, 0.05) is 37.5 Å². The van der Waals surface area contributed by atoms with E-state index in [1.165, 1.54) is 25.0 Å². The van der Waals surface area contributed by atoms with Crippen LogP contribution in [0.1, 0.15) is 56.3 Å². The molecule has 5 fully saturated rings. The lowest BCUT2D eigenvalue weighted by Gasteiger charge is -2.59. The molecule has 0 radical (unpaired) electrons. The summed E-state index contributed by atoms with van der Waals surface area (Å²) in [5, 5.41) is 5.00. The standard InChI is InChI=1S/C25H29ClFN5O2/c26-21-7-18(27)3-4-22(21)34-20-5-16-10-30(11-17(16)6-20)24(33)31-12-25(13-31)8-19(9-25)32-14-28-23(29-32)15-1-2-15/h3-4,7,14-17,19-20H,1-2,5-6,8-13H2. The van der Waals surface area contributed by atoms with Crippen LogP contribution in [0.3, 0.4) is 0 Å². The second-order valence-electron chi connectivity index (χ2n) is 11.3. The van der Waals surface area contributed by atoms with E-state index in [-0.39, 0.29) is 23.4 Å². The quantitative estimate of drug-likeness (QED) is 0.640. The highest BCUT2D eigenvalue weighted by molar-refractivity contribution is 6.32. The average Bonchev–Trinajstić information content (AvgIpc) is 3.17. The summed E-state index contributed by atoms with van der Waals surface area (Å²) in [7, 11) is 0. The van der Waals surface area contributed by atoms with Gasteiger partial charge in [-0.15, -0.1) is 0 Å². The fourth-order valence-electron chi connectivity index (χ4n) is 6.72. The highest BCUT2D eigenvalue weighted by Crippen LogP contribution is 2.54. The van der Waals surface area contributed by atoms with Crippen molar-refractivity contribution in [2.45, 2.75) is 56.6 Å². The Hall–Kier alpha value is -2.35. The van der Waals surface area contributed by atoms with Gasteiger partial charge < -0.3 is 14.5 Å². The first-order valence-corrected chi connectivity index (χ1v) is 12.9. The van der Waals surface area contributed by atoms with E-state index in [1.807, 2.05) is 16.1 Å². The van der Waals surface area contributed by atoms with Gasteiger partial charge in [-0.1, -0.05) is 11.6 Å². The second kappa shape index (κ2) is 7.57. The van der Waals surface area contributed by atoms with Crippen molar-refractivity contribution in [3.8, 4) is 5.75 Å². The summed E-state index contributed by atoms with van der Waals surface area (Å²) in [4.78, 5) is 21.7. The van der Waals surface area contributed by atoms with Crippen molar-refractivity contribution in [2.24, 2.45) is 17.3 Å². The molecule has 0 bridgehead atoms. The number of likely N-dealkylation sites (tertiary alicyclic amines) is 2. The topological polar surface area (TPSA) is 63.5 Å². The molecule has 34 heavy (non-hydrogen) atoms. The van der Waals surface area contributed by atoms with Crippen LogP contribution in [0.2, 0.25) is 5.02 Å². The lowest BCUT2D eigenvalue weighted by Crippen LogP contribution is -2.65. The summed E-state index contributed by atoms with van der Waals surface area (Å²) in [6, 6.07) is 4.89. The lowest BCUT2D eigenvalue weighted by molar-refractivity contribution is -0.0735. The number of hydrogen-bond donors (Lipinski definition) is 0. The molecular weight excluding hydrogens is 457 g/mol. The highest BCUT2D eigenvalue weighted by Gasteiger charge is 2.56. The van der Waals surface area contributed by atoms with Crippen LogP contribution >= 0.6 is 11.6 Å². The van der Waals surface area contributed by atoms with Gasteiger partial charge in [-0.05, 0) is 68.6 Å². The third kappa shape index (κ3) is 3.56. The lowest BCUT2D eigenvalue weighted by atomic mass is 9.61. The van der Waals surface area contributed by atoms with Crippen molar-refractivity contribution in [1.29, 1.82) is 0 Å². The molecule has 3 saturated carbocycles. The molecule has 0 N–H and O–H groups in total. The molecule has 3 aliphatic carbocycles. The number of ether oxygens (including phenoxy) is 1. The molecule has 2 saturated heterocycles. The van der Waals surface area contributed by atoms with Crippen molar-refractivity contribution < 1.29 is 13.9 Å². The van der Waals surface area contributed by atoms with Crippen molar-refractivity contribution >= 4 is 17.6 Å². The van der Waals surface area contributed by atoms with E-state index in [2.05, 4.69) is 9.67 Å². The van der Waals surface area contributed by atoms with Gasteiger partial charge in [-0.25, -0.2) is 18.9 Å². The maximum atomic E-state index is 13.3. The minimum atomic E-state index is -0.360. The number of nitrogens with zero attached hydrogens (tertiary/aromatic N) is 5. The van der Waals surface area contributed by atoms with E-state index in [1.54, 1.807) is 6.07 Å². The zero-order chi connectivity index (χ0) is 23.0. The van der Waals surface area contributed by atoms with Crippen LogP contribution < -0.4 is 4.74 Å². The smallest absolute Gasteiger partial charge is 0.320 e. The zero-order valence-electron chi connectivity index (χ0n) is 19.1. The zero-order valence-corrected chi connectivity index (χ0v) is 19.8. The molecular formula is C25H29ClFN5O2. The van der Waals surface area contributed by atoms with Crippen molar-refractivity contribution in [3.05, 3.63) is 41.2 Å². The molecule has 2 unspecified atom stereocenters. The highest BCUT2D eigenvalue weighted by atomic mass is 35.5. The number of urea groups is 1. The first-order chi connectivity index (χ1) is 16.4. The molecule has 1 spiro atoms. The van der Waals surface area contributed by atoms with Gasteiger partial charge in [-0.2, -0.15) is 5.10 Å². The summed E-state index contributed by atoms with van der Waals surface area (Å²) in [6.07, 6.45) is 8.45. The maximum Gasteiger partial charge on any atom is 0.320 e. The Morgan fingerprint density at radius 2 is 1.85 bits per heavy atom. The van der Waals surface area contributed by atoms with Crippen molar-refractivity contribution in [3.63, 3.8) is 0 Å². The number of benzene rings is 1. The van der Waals surface area contributed by atoms with Gasteiger partial charge in [0.2, 0.25) is 0 Å². The molecule has 180 valence electrons. The Morgan fingerprint density at radius 3 is 2.53 bits per heavy atom. The van der Waals surface area contributed by atoms with Gasteiger partial charge >= 0.3 is 6.03 Å². The summed E-state index contributed by atoms with van der Waals surface area (Å²) in [5.41, 5.74) is 0.287. The molecule has 2 aromatic rings. The first kappa shape index (κ1) is 21.0. The Kier molecular flexibility index (Phi) is 4.67. The summed E-state index contributed by atoms with van der Waals surface area (Å²) in [5.74, 6) is 2.71. The van der Waals surface area contributed by atoms with Crippen LogP contribution in [-0.2, 0) is 0 Å². The van der Waals surface area contributed by atoms with Crippen molar-refractivity contribution in [2.75, 3.05) is 26.2 Å². The SMILES string of the molecule is O=C(N1CC2CC(Oc3ccc(F)cc3Cl)CC2C1)N1CC2(CC(n3cnc(C4CC4)n3)C2)C1. The molecule has 3 heterocycles. The number of amides is 2. The Bertz CT molecular complexity index is 1110. The minimum Gasteiger partial charge on any atom is -0.489 e. The number of fused-ring (bicyclic) bond motifs is 1. The molecule has 9 heteroatoms. The number of rotatable bonds is 4. The third-order valence-corrected chi connectivity index (χ3v) is 8.96. The second-order valence-corrected chi connectivity index (χ2v) is 11.7. The Morgan fingerprint density at radius 1 is 1.12 bits per heavy atom. The molecule has 2 amide bonds. The summed E-state index contributed by atoms with van der Waals surface area (Å²) < 4.78 is 21.4. The molecule has 2 aliphatic heterocycles. The molecule has 7 nitrogen and oxygen atoms in total. The van der Waals surface area contributed by atoms with Crippen molar-refractivity contribution in [1.82, 2.24) is 24.6 Å². The third-order valence-electron chi connectivity index (χ3n) is 8.67. The maximum absolute atomic E-state index is 13.3. The molecule has 1 aromatic heterocycles. The molecule has 7 rings (SSSR count). The van der Waals surface area contributed by atoms with Crippen LogP contribution in [0.25, 0.3) is 0 Å². The van der Waals surface area contributed by atoms with Gasteiger partial charge in [0.25, 0.3) is 0 Å². The first-order valence-electron chi connectivity index (χ1n) is 12.5. The van der Waals surface area contributed by atoms with Gasteiger partial charge in [0.05, 0.1) is 17.2 Å². The van der Waals surface area contributed by atoms with E-state index < -0.39 is 0 Å². The Balaban J connectivity index is 0.884. The molecule has 1 aromatic carbocycles. The molecule has 5 aliphatic rings. The normalized spacial score (nSPS) is 29.8. The van der Waals surface area contributed by atoms with E-state index in [9.17, 15) is 9.18 Å². The van der Waals surface area contributed by atoms with E-state index in [0.29, 0.717) is 34.6 Å². The summed E-state index contributed by atoms with van der Waals surface area (Å²) >= 11 is 6.12. The summed E-state index contributed by atoms with van der Waals surface area (Å²) in [6.45, 7) is 3.34. The number of carbonyl (C=O) groups excluding carboxylic acids is 1. The van der Waals surface area contributed by atoms with Gasteiger partial charge in [0.15, 0.2) is 5.82 Å². The van der Waals surface area contributed by atoms with Crippen LogP contribution in [0.15, 0.2) is 24.5 Å².